The monoisotopic (exact) mass is 833 g/mol. The number of allylic oxidation sites excluding steroid dienone is 1. The van der Waals surface area contributed by atoms with Crippen LogP contribution in [0.2, 0.25) is 0 Å². The summed E-state index contributed by atoms with van der Waals surface area (Å²) in [6.07, 6.45) is -10.1. The van der Waals surface area contributed by atoms with Crippen LogP contribution >= 0.6 is 0 Å². The quantitative estimate of drug-likeness (QED) is 0.127. The smallest absolute Gasteiger partial charge is 0.410 e. The largest absolute Gasteiger partial charge is 0.461 e. The van der Waals surface area contributed by atoms with Crippen LogP contribution in [0.3, 0.4) is 0 Å². The third-order valence-electron chi connectivity index (χ3n) is 9.16. The average molecular weight is 834 g/mol. The van der Waals surface area contributed by atoms with Crippen molar-refractivity contribution in [3.8, 4) is 0 Å². The van der Waals surface area contributed by atoms with Gasteiger partial charge in [0.15, 0.2) is 12.4 Å². The second-order valence-electron chi connectivity index (χ2n) is 18.1. The Hall–Kier alpha value is -3.66. The first kappa shape index (κ1) is 48.7. The number of amides is 4. The number of hydrogen-bond acceptors (Lipinski definition) is 16. The van der Waals surface area contributed by atoms with Crippen molar-refractivity contribution in [2.75, 3.05) is 26.7 Å². The van der Waals surface area contributed by atoms with Gasteiger partial charge in [-0.2, -0.15) is 0 Å². The highest BCUT2D eigenvalue weighted by Gasteiger charge is 2.55. The van der Waals surface area contributed by atoms with Crippen LogP contribution in [0.5, 0.6) is 0 Å². The first-order valence-electron chi connectivity index (χ1n) is 19.6. The van der Waals surface area contributed by atoms with Crippen LogP contribution in [-0.4, -0.2) is 160 Å². The number of carbonyl (C=O) groups excluding carboxylic acids is 4. The van der Waals surface area contributed by atoms with Crippen molar-refractivity contribution >= 4 is 24.2 Å². The summed E-state index contributed by atoms with van der Waals surface area (Å²) in [5, 5.41) is 53.8. The van der Waals surface area contributed by atoms with E-state index in [0.717, 1.165) is 4.90 Å². The van der Waals surface area contributed by atoms with Gasteiger partial charge in [0.25, 0.3) is 5.95 Å². The van der Waals surface area contributed by atoms with Gasteiger partial charge >= 0.3 is 18.3 Å². The predicted octanol–water partition coefficient (Wildman–Crippen LogP) is 0.858. The van der Waals surface area contributed by atoms with E-state index in [2.05, 4.69) is 16.0 Å². The molecule has 2 aliphatic heterocycles. The average Bonchev–Trinajstić information content (AvgIpc) is 3.06. The maximum absolute atomic E-state index is 13.5. The predicted molar refractivity (Wildman–Crippen MR) is 206 cm³/mol. The zero-order chi connectivity index (χ0) is 44.0. The van der Waals surface area contributed by atoms with Crippen LogP contribution in [-0.2, 0) is 38.0 Å². The van der Waals surface area contributed by atoms with Crippen molar-refractivity contribution in [1.82, 2.24) is 20.9 Å². The van der Waals surface area contributed by atoms with Crippen LogP contribution in [0.4, 0.5) is 14.4 Å². The van der Waals surface area contributed by atoms with E-state index < -0.39 is 108 Å². The van der Waals surface area contributed by atoms with Crippen molar-refractivity contribution in [2.24, 2.45) is 5.73 Å². The third kappa shape index (κ3) is 14.6. The van der Waals surface area contributed by atoms with Crippen LogP contribution < -0.4 is 21.7 Å². The van der Waals surface area contributed by atoms with Crippen molar-refractivity contribution in [2.45, 2.75) is 178 Å². The summed E-state index contributed by atoms with van der Waals surface area (Å²) in [4.78, 5) is 53.0. The molecule has 3 aliphatic rings. The third-order valence-corrected chi connectivity index (χ3v) is 9.16. The van der Waals surface area contributed by atoms with E-state index in [4.69, 9.17) is 38.9 Å². The summed E-state index contributed by atoms with van der Waals surface area (Å²) < 4.78 is 40.3. The van der Waals surface area contributed by atoms with Gasteiger partial charge in [0.2, 0.25) is 5.91 Å². The van der Waals surface area contributed by atoms with Gasteiger partial charge in [-0.25, -0.2) is 14.4 Å². The minimum atomic E-state index is -1.81. The Labute approximate surface area is 340 Å². The molecule has 1 aliphatic carbocycles. The van der Waals surface area contributed by atoms with Gasteiger partial charge in [0.1, 0.15) is 52.9 Å². The summed E-state index contributed by atoms with van der Waals surface area (Å²) in [5.41, 5.74) is 1.46. The fourth-order valence-electron chi connectivity index (χ4n) is 6.66. The van der Waals surface area contributed by atoms with Gasteiger partial charge < -0.3 is 80.2 Å². The van der Waals surface area contributed by atoms with Gasteiger partial charge in [-0.05, 0) is 101 Å². The van der Waals surface area contributed by atoms with Crippen LogP contribution in [0, 0.1) is 0 Å². The summed E-state index contributed by atoms with van der Waals surface area (Å²) in [7, 11) is 1.33. The zero-order valence-electron chi connectivity index (χ0n) is 35.6. The maximum Gasteiger partial charge on any atom is 0.410 e. The highest BCUT2D eigenvalue weighted by Crippen LogP contribution is 2.35. The Morgan fingerprint density at radius 2 is 1.52 bits per heavy atom. The fourth-order valence-corrected chi connectivity index (χ4v) is 6.66. The van der Waals surface area contributed by atoms with E-state index in [9.17, 15) is 39.6 Å². The van der Waals surface area contributed by atoms with Crippen LogP contribution in [0.25, 0.3) is 0 Å². The van der Waals surface area contributed by atoms with Crippen molar-refractivity contribution < 1.29 is 72.8 Å². The molecule has 20 nitrogen and oxygen atoms in total. The van der Waals surface area contributed by atoms with Crippen molar-refractivity contribution in [3.05, 3.63) is 12.0 Å². The minimum Gasteiger partial charge on any atom is -0.461 e. The Morgan fingerprint density at radius 1 is 0.931 bits per heavy atom. The fraction of sp³-hybridized carbons (Fsp3) is 0.842. The molecule has 1 saturated heterocycles. The van der Waals surface area contributed by atoms with Crippen LogP contribution in [0.15, 0.2) is 12.0 Å². The van der Waals surface area contributed by atoms with Crippen LogP contribution in [0.1, 0.15) is 94.9 Å². The molecule has 334 valence electrons. The molecule has 0 aromatic carbocycles. The lowest BCUT2D eigenvalue weighted by Gasteiger charge is -2.50. The number of nitrogens with one attached hydrogen (secondary N) is 3. The molecule has 0 radical (unpaired) electrons. The number of aliphatic hydroxyl groups excluding tert-OH is 3. The van der Waals surface area contributed by atoms with Crippen molar-refractivity contribution in [1.29, 1.82) is 0 Å². The molecular weight excluding hydrogens is 766 g/mol. The zero-order valence-corrected chi connectivity index (χ0v) is 35.6. The highest BCUT2D eigenvalue weighted by atomic mass is 16.7. The molecule has 0 aromatic heterocycles. The number of nitrogens with two attached hydrogens (primary N) is 1. The number of hydrogen-bond donors (Lipinski definition) is 8. The first-order chi connectivity index (χ1) is 26.6. The molecule has 2 fully saturated rings. The van der Waals surface area contributed by atoms with E-state index in [1.54, 1.807) is 68.4 Å². The maximum atomic E-state index is 13.5. The number of nitrogens with zero attached hydrogens (tertiary/aromatic N) is 1. The molecule has 58 heavy (non-hydrogen) atoms. The topological polar surface area (TPSA) is 279 Å². The molecule has 9 N–H and O–H groups in total. The standard InChI is InChI=1S/C38H67N5O15/c1-35(2,3)56-32(48)40-16-15-23(44)30(47)41-21-17-22(42-33(49)57-36(4,5)6)27(54-24-14-12-13-20(18-39)53-24)25(45)28(21)55-31-26(46)29(38(10,51)19-52-31)43(11)34(50)58-37(7,8)9/h14,20-23,25-29,31,44-46,51H,12-13,15-19,39H2,1-11H3,(H,40,48)(H,41,47)(H,42,49)/t20-,21+,22-,23-,25?,26?,27?,28?,29+,31+,38?/m0/s1. The molecule has 4 amide bonds. The van der Waals surface area contributed by atoms with Gasteiger partial charge in [-0.3, -0.25) is 4.79 Å². The van der Waals surface area contributed by atoms with E-state index >= 15 is 0 Å². The molecule has 0 aromatic rings. The van der Waals surface area contributed by atoms with Gasteiger partial charge in [0, 0.05) is 20.1 Å². The number of aliphatic hydroxyl groups is 4. The molecule has 0 bridgehead atoms. The molecule has 2 heterocycles. The Balaban J connectivity index is 1.97. The van der Waals surface area contributed by atoms with Gasteiger partial charge in [0.05, 0.1) is 24.7 Å². The Bertz CT molecular complexity index is 1440. The number of likely N-dealkylation sites (N-methyl/N-ethyl adjacent to an activating group) is 1. The number of alkyl carbamates (subject to hydrolysis) is 2. The summed E-state index contributed by atoms with van der Waals surface area (Å²) >= 11 is 0. The summed E-state index contributed by atoms with van der Waals surface area (Å²) in [6, 6.07) is -3.67. The molecule has 1 saturated carbocycles. The molecule has 0 spiro atoms. The normalized spacial score (nSPS) is 31.0. The number of carbonyl (C=O) groups is 4. The van der Waals surface area contributed by atoms with E-state index in [0.29, 0.717) is 12.8 Å². The summed E-state index contributed by atoms with van der Waals surface area (Å²) in [6.45, 7) is 16.0. The number of rotatable bonds is 12. The second-order valence-corrected chi connectivity index (χ2v) is 18.1. The SMILES string of the molecule is CN(C(=O)OC(C)(C)C)[C@@H]1C(O)[C@@H](OC2C(O)C(OC3=CCC[C@@H](CN)O3)[C@@H](NC(=O)OC(C)(C)C)C[C@H]2NC(=O)[C@@H](O)CCNC(=O)OC(C)(C)C)OCC1(C)O. The first-order valence-corrected chi connectivity index (χ1v) is 19.6. The Kier molecular flexibility index (Phi) is 16.5. The van der Waals surface area contributed by atoms with Gasteiger partial charge in [-0.1, -0.05) is 0 Å². The van der Waals surface area contributed by atoms with Crippen molar-refractivity contribution in [3.63, 3.8) is 0 Å². The van der Waals surface area contributed by atoms with E-state index in [1.807, 2.05) is 0 Å². The van der Waals surface area contributed by atoms with E-state index in [1.165, 1.54) is 14.0 Å². The Morgan fingerprint density at radius 3 is 2.10 bits per heavy atom. The number of ether oxygens (including phenoxy) is 7. The minimum absolute atomic E-state index is 0.0277. The molecular formula is C38H67N5O15. The molecule has 11 atom stereocenters. The molecule has 3 rings (SSSR count). The molecule has 20 heteroatoms. The lowest BCUT2D eigenvalue weighted by atomic mass is 9.83. The van der Waals surface area contributed by atoms with Gasteiger partial charge in [-0.15, -0.1) is 0 Å². The lowest BCUT2D eigenvalue weighted by molar-refractivity contribution is -0.307. The molecule has 5 unspecified atom stereocenters. The van der Waals surface area contributed by atoms with E-state index in [-0.39, 0.29) is 38.0 Å². The highest BCUT2D eigenvalue weighted by molar-refractivity contribution is 5.81. The second kappa shape index (κ2) is 19.6. The lowest BCUT2D eigenvalue weighted by Crippen LogP contribution is -2.70. The summed E-state index contributed by atoms with van der Waals surface area (Å²) in [5.74, 6) is -0.896.